The van der Waals surface area contributed by atoms with Gasteiger partial charge in [-0.3, -0.25) is 0 Å². The first-order valence-corrected chi connectivity index (χ1v) is 6.66. The Hall–Kier alpha value is -1.75. The molecule has 1 heterocycles. The third-order valence-corrected chi connectivity index (χ3v) is 3.10. The maximum absolute atomic E-state index is 12.0. The van der Waals surface area contributed by atoms with Crippen LogP contribution in [0.4, 0.5) is 10.5 Å². The quantitative estimate of drug-likeness (QED) is 0.878. The smallest absolute Gasteiger partial charge is 0.321 e. The van der Waals surface area contributed by atoms with E-state index in [9.17, 15) is 9.90 Å². The van der Waals surface area contributed by atoms with E-state index in [1.165, 1.54) is 0 Å². The molecule has 1 aliphatic rings. The SMILES string of the molecule is CCOc1ccc(NC(=O)N2CCCC(O)C2)cc1. The van der Waals surface area contributed by atoms with Crippen LogP contribution in [0.5, 0.6) is 5.75 Å². The van der Waals surface area contributed by atoms with Crippen molar-refractivity contribution in [2.24, 2.45) is 0 Å². The minimum Gasteiger partial charge on any atom is -0.494 e. The summed E-state index contributed by atoms with van der Waals surface area (Å²) in [6.07, 6.45) is 1.21. The van der Waals surface area contributed by atoms with E-state index in [0.29, 0.717) is 19.7 Å². The second-order valence-electron chi connectivity index (χ2n) is 4.63. The predicted octanol–water partition coefficient (Wildman–Crippen LogP) is 2.07. The number of nitrogens with zero attached hydrogens (tertiary/aromatic N) is 1. The number of piperidine rings is 1. The van der Waals surface area contributed by atoms with Gasteiger partial charge < -0.3 is 20.1 Å². The van der Waals surface area contributed by atoms with Crippen LogP contribution in [0, 0.1) is 0 Å². The van der Waals surface area contributed by atoms with Gasteiger partial charge in [-0.25, -0.2) is 4.79 Å². The topological polar surface area (TPSA) is 61.8 Å². The highest BCUT2D eigenvalue weighted by Gasteiger charge is 2.21. The number of β-amino-alcohol motifs (C(OH)–C–C–N with tert-alkyl or cyclic N) is 1. The van der Waals surface area contributed by atoms with E-state index < -0.39 is 6.10 Å². The summed E-state index contributed by atoms with van der Waals surface area (Å²) >= 11 is 0. The molecule has 19 heavy (non-hydrogen) atoms. The van der Waals surface area contributed by atoms with E-state index in [-0.39, 0.29) is 6.03 Å². The molecule has 2 rings (SSSR count). The number of urea groups is 1. The van der Waals surface area contributed by atoms with Gasteiger partial charge in [0.15, 0.2) is 0 Å². The van der Waals surface area contributed by atoms with Crippen molar-refractivity contribution < 1.29 is 14.6 Å². The fourth-order valence-electron chi connectivity index (χ4n) is 2.14. The number of carbonyl (C=O) groups excluding carboxylic acids is 1. The van der Waals surface area contributed by atoms with Crippen molar-refractivity contribution in [3.8, 4) is 5.75 Å². The summed E-state index contributed by atoms with van der Waals surface area (Å²) in [5.74, 6) is 0.786. The van der Waals surface area contributed by atoms with Crippen molar-refractivity contribution >= 4 is 11.7 Å². The molecule has 1 atom stereocenters. The zero-order chi connectivity index (χ0) is 13.7. The average molecular weight is 264 g/mol. The Morgan fingerprint density at radius 2 is 2.21 bits per heavy atom. The molecular weight excluding hydrogens is 244 g/mol. The number of aliphatic hydroxyl groups excluding tert-OH is 1. The molecule has 0 aromatic heterocycles. The van der Waals surface area contributed by atoms with Crippen LogP contribution >= 0.6 is 0 Å². The third-order valence-electron chi connectivity index (χ3n) is 3.10. The van der Waals surface area contributed by atoms with Crippen LogP contribution < -0.4 is 10.1 Å². The van der Waals surface area contributed by atoms with Gasteiger partial charge in [0.2, 0.25) is 0 Å². The standard InChI is InChI=1S/C14H20N2O3/c1-2-19-13-7-5-11(6-8-13)15-14(18)16-9-3-4-12(17)10-16/h5-8,12,17H,2-4,9-10H2,1H3,(H,15,18). The normalized spacial score (nSPS) is 19.1. The number of amides is 2. The first kappa shape index (κ1) is 13.7. The average Bonchev–Trinajstić information content (AvgIpc) is 2.41. The van der Waals surface area contributed by atoms with Crippen molar-refractivity contribution in [2.75, 3.05) is 25.0 Å². The highest BCUT2D eigenvalue weighted by Crippen LogP contribution is 2.17. The van der Waals surface area contributed by atoms with Crippen molar-refractivity contribution in [3.63, 3.8) is 0 Å². The maximum atomic E-state index is 12.0. The Kier molecular flexibility index (Phi) is 4.63. The molecule has 2 N–H and O–H groups in total. The number of likely N-dealkylation sites (tertiary alicyclic amines) is 1. The zero-order valence-corrected chi connectivity index (χ0v) is 11.1. The molecular formula is C14H20N2O3. The minimum atomic E-state index is -0.403. The Balaban J connectivity index is 1.90. The molecule has 0 radical (unpaired) electrons. The summed E-state index contributed by atoms with van der Waals surface area (Å²) in [7, 11) is 0. The van der Waals surface area contributed by atoms with Crippen LogP contribution in [0.3, 0.4) is 0 Å². The van der Waals surface area contributed by atoms with Gasteiger partial charge >= 0.3 is 6.03 Å². The summed E-state index contributed by atoms with van der Waals surface area (Å²) in [6.45, 7) is 3.65. The first-order chi connectivity index (χ1) is 9.19. The van der Waals surface area contributed by atoms with Gasteiger partial charge in [-0.15, -0.1) is 0 Å². The van der Waals surface area contributed by atoms with E-state index in [2.05, 4.69) is 5.32 Å². The molecule has 0 spiro atoms. The molecule has 1 saturated heterocycles. The molecule has 1 unspecified atom stereocenters. The molecule has 2 amide bonds. The number of anilines is 1. The predicted molar refractivity (Wildman–Crippen MR) is 73.4 cm³/mol. The van der Waals surface area contributed by atoms with Crippen molar-refractivity contribution in [1.82, 2.24) is 4.90 Å². The Bertz CT molecular complexity index is 419. The second-order valence-corrected chi connectivity index (χ2v) is 4.63. The summed E-state index contributed by atoms with van der Waals surface area (Å²) < 4.78 is 5.34. The molecule has 1 aliphatic heterocycles. The number of ether oxygens (including phenoxy) is 1. The molecule has 1 fully saturated rings. The van der Waals surface area contributed by atoms with Gasteiger partial charge in [0.05, 0.1) is 12.7 Å². The number of hydrogen-bond donors (Lipinski definition) is 2. The molecule has 0 bridgehead atoms. The van der Waals surface area contributed by atoms with Crippen molar-refractivity contribution in [3.05, 3.63) is 24.3 Å². The fourth-order valence-corrected chi connectivity index (χ4v) is 2.14. The maximum Gasteiger partial charge on any atom is 0.321 e. The number of benzene rings is 1. The van der Waals surface area contributed by atoms with E-state index in [1.54, 1.807) is 4.90 Å². The molecule has 104 valence electrons. The van der Waals surface area contributed by atoms with Crippen LogP contribution in [0.15, 0.2) is 24.3 Å². The number of hydrogen-bond acceptors (Lipinski definition) is 3. The number of nitrogens with one attached hydrogen (secondary N) is 1. The number of aliphatic hydroxyl groups is 1. The van der Waals surface area contributed by atoms with Gasteiger partial charge in [-0.05, 0) is 44.0 Å². The number of rotatable bonds is 3. The van der Waals surface area contributed by atoms with Crippen LogP contribution in [0.1, 0.15) is 19.8 Å². The Morgan fingerprint density at radius 1 is 1.47 bits per heavy atom. The molecule has 5 heteroatoms. The van der Waals surface area contributed by atoms with E-state index in [1.807, 2.05) is 31.2 Å². The Labute approximate surface area is 113 Å². The highest BCUT2D eigenvalue weighted by molar-refractivity contribution is 5.89. The van der Waals surface area contributed by atoms with E-state index >= 15 is 0 Å². The monoisotopic (exact) mass is 264 g/mol. The lowest BCUT2D eigenvalue weighted by atomic mass is 10.1. The van der Waals surface area contributed by atoms with Gasteiger partial charge in [-0.2, -0.15) is 0 Å². The van der Waals surface area contributed by atoms with Crippen LogP contribution in [0.25, 0.3) is 0 Å². The molecule has 0 aliphatic carbocycles. The third kappa shape index (κ3) is 3.86. The van der Waals surface area contributed by atoms with E-state index in [4.69, 9.17) is 4.74 Å². The largest absolute Gasteiger partial charge is 0.494 e. The summed E-state index contributed by atoms with van der Waals surface area (Å²) in [5.41, 5.74) is 0.730. The van der Waals surface area contributed by atoms with Gasteiger partial charge in [-0.1, -0.05) is 0 Å². The second kappa shape index (κ2) is 6.43. The lowest BCUT2D eigenvalue weighted by molar-refractivity contribution is 0.0883. The van der Waals surface area contributed by atoms with Crippen LogP contribution in [-0.4, -0.2) is 41.8 Å². The molecule has 1 aromatic rings. The van der Waals surface area contributed by atoms with Crippen LogP contribution in [0.2, 0.25) is 0 Å². The highest BCUT2D eigenvalue weighted by atomic mass is 16.5. The summed E-state index contributed by atoms with van der Waals surface area (Å²) in [4.78, 5) is 13.6. The molecule has 0 saturated carbocycles. The fraction of sp³-hybridized carbons (Fsp3) is 0.500. The van der Waals surface area contributed by atoms with Gasteiger partial charge in [0, 0.05) is 18.8 Å². The first-order valence-electron chi connectivity index (χ1n) is 6.66. The minimum absolute atomic E-state index is 0.164. The summed E-state index contributed by atoms with van der Waals surface area (Å²) in [5, 5.41) is 12.4. The van der Waals surface area contributed by atoms with E-state index in [0.717, 1.165) is 24.3 Å². The number of carbonyl (C=O) groups is 1. The Morgan fingerprint density at radius 3 is 2.84 bits per heavy atom. The van der Waals surface area contributed by atoms with Gasteiger partial charge in [0.1, 0.15) is 5.75 Å². The zero-order valence-electron chi connectivity index (χ0n) is 11.1. The lowest BCUT2D eigenvalue weighted by Gasteiger charge is -2.30. The van der Waals surface area contributed by atoms with Crippen molar-refractivity contribution in [2.45, 2.75) is 25.9 Å². The van der Waals surface area contributed by atoms with Gasteiger partial charge in [0.25, 0.3) is 0 Å². The lowest BCUT2D eigenvalue weighted by Crippen LogP contribution is -2.44. The van der Waals surface area contributed by atoms with Crippen LogP contribution in [-0.2, 0) is 0 Å². The molecule has 5 nitrogen and oxygen atoms in total. The van der Waals surface area contributed by atoms with Crippen molar-refractivity contribution in [1.29, 1.82) is 0 Å². The summed E-state index contributed by atoms with van der Waals surface area (Å²) in [6, 6.07) is 7.10. The molecule has 1 aromatic carbocycles.